The first kappa shape index (κ1) is 13.9. The summed E-state index contributed by atoms with van der Waals surface area (Å²) >= 11 is 5.12. The Morgan fingerprint density at radius 2 is 2.19 bits per heavy atom. The normalized spacial score (nSPS) is 17.5. The Morgan fingerprint density at radius 3 is 2.86 bits per heavy atom. The first-order valence-corrected chi connectivity index (χ1v) is 6.88. The Hall–Kier alpha value is -2.02. The fourth-order valence-corrected chi connectivity index (χ4v) is 3.11. The molecule has 3 rings (SSSR count). The number of aryl methyl sites for hydroxylation is 1. The van der Waals surface area contributed by atoms with Gasteiger partial charge in [0, 0.05) is 18.3 Å². The third kappa shape index (κ3) is 2.49. The van der Waals surface area contributed by atoms with Gasteiger partial charge in [0.25, 0.3) is 0 Å². The largest absolute Gasteiger partial charge is 0.477 e. The zero-order valence-electron chi connectivity index (χ0n) is 10.9. The molecule has 0 saturated carbocycles. The molecule has 2 aromatic rings. The van der Waals surface area contributed by atoms with Crippen LogP contribution in [-0.2, 0) is 12.8 Å². The second-order valence-electron chi connectivity index (χ2n) is 5.11. The van der Waals surface area contributed by atoms with Crippen LogP contribution in [0.4, 0.5) is 8.78 Å². The highest BCUT2D eigenvalue weighted by Crippen LogP contribution is 2.31. The minimum Gasteiger partial charge on any atom is -0.477 e. The van der Waals surface area contributed by atoms with Gasteiger partial charge >= 0.3 is 5.97 Å². The first-order valence-electron chi connectivity index (χ1n) is 6.47. The molecule has 4 nitrogen and oxygen atoms in total. The van der Waals surface area contributed by atoms with Crippen LogP contribution in [-0.4, -0.2) is 20.6 Å². The number of rotatable bonds is 2. The fraction of sp³-hybridized carbons (Fsp3) is 0.286. The van der Waals surface area contributed by atoms with Crippen LogP contribution in [0.1, 0.15) is 34.1 Å². The van der Waals surface area contributed by atoms with Crippen molar-refractivity contribution < 1.29 is 18.7 Å². The summed E-state index contributed by atoms with van der Waals surface area (Å²) in [5, 5.41) is 8.96. The van der Waals surface area contributed by atoms with Crippen LogP contribution in [0.25, 0.3) is 0 Å². The maximum atomic E-state index is 13.9. The van der Waals surface area contributed by atoms with Crippen LogP contribution < -0.4 is 0 Å². The summed E-state index contributed by atoms with van der Waals surface area (Å²) in [5.74, 6) is -2.23. The van der Waals surface area contributed by atoms with Gasteiger partial charge in [-0.25, -0.2) is 13.6 Å². The van der Waals surface area contributed by atoms with Crippen molar-refractivity contribution >= 4 is 18.2 Å². The van der Waals surface area contributed by atoms with Gasteiger partial charge < -0.3 is 14.7 Å². The highest BCUT2D eigenvalue weighted by atomic mass is 32.1. The average Bonchev–Trinajstić information content (AvgIpc) is 2.80. The van der Waals surface area contributed by atoms with Crippen molar-refractivity contribution in [1.29, 1.82) is 0 Å². The second-order valence-corrected chi connectivity index (χ2v) is 5.49. The number of halogens is 2. The van der Waals surface area contributed by atoms with Gasteiger partial charge in [-0.05, 0) is 48.7 Å². The molecule has 0 aliphatic heterocycles. The van der Waals surface area contributed by atoms with E-state index in [1.165, 1.54) is 12.3 Å². The van der Waals surface area contributed by atoms with Crippen LogP contribution in [0, 0.1) is 16.4 Å². The number of imidazole rings is 1. The third-order valence-corrected chi connectivity index (χ3v) is 4.12. The standard InChI is InChI=1S/C14H12F2N2O2S/c15-8-3-7-1-2-9(5-10(7)11(16)4-8)18-6-12(13(19)20)17-14(18)21/h3-4,6,9H,1-2,5H2,(H,17,21)(H,19,20). The average molecular weight is 310 g/mol. The molecule has 2 N–H and O–H groups in total. The minimum atomic E-state index is -1.09. The Bertz CT molecular complexity index is 782. The number of benzene rings is 1. The van der Waals surface area contributed by atoms with Gasteiger partial charge in [-0.3, -0.25) is 0 Å². The summed E-state index contributed by atoms with van der Waals surface area (Å²) in [7, 11) is 0. The molecule has 1 heterocycles. The Kier molecular flexibility index (Phi) is 3.36. The summed E-state index contributed by atoms with van der Waals surface area (Å²) in [4.78, 5) is 13.6. The molecule has 0 radical (unpaired) electrons. The van der Waals surface area contributed by atoms with Gasteiger partial charge in [-0.15, -0.1) is 0 Å². The van der Waals surface area contributed by atoms with Gasteiger partial charge in [0.2, 0.25) is 0 Å². The van der Waals surface area contributed by atoms with E-state index in [2.05, 4.69) is 4.98 Å². The number of aromatic nitrogens is 2. The molecule has 0 spiro atoms. The smallest absolute Gasteiger partial charge is 0.353 e. The Labute approximate surface area is 124 Å². The number of nitrogens with zero attached hydrogens (tertiary/aromatic N) is 1. The van der Waals surface area contributed by atoms with E-state index in [1.807, 2.05) is 0 Å². The number of carbonyl (C=O) groups is 1. The summed E-state index contributed by atoms with van der Waals surface area (Å²) in [6, 6.07) is 2.10. The summed E-state index contributed by atoms with van der Waals surface area (Å²) in [6.45, 7) is 0. The maximum Gasteiger partial charge on any atom is 0.353 e. The van der Waals surface area contributed by atoms with Crippen molar-refractivity contribution in [1.82, 2.24) is 9.55 Å². The topological polar surface area (TPSA) is 58.0 Å². The molecule has 1 atom stereocenters. The van der Waals surface area contributed by atoms with E-state index in [0.717, 1.165) is 6.07 Å². The molecular formula is C14H12F2N2O2S. The molecule has 1 aliphatic carbocycles. The number of carboxylic acid groups (broad SMARTS) is 1. The number of carboxylic acids is 1. The van der Waals surface area contributed by atoms with Gasteiger partial charge in [0.15, 0.2) is 4.77 Å². The number of nitrogens with one attached hydrogen (secondary N) is 1. The van der Waals surface area contributed by atoms with Crippen molar-refractivity contribution in [2.45, 2.75) is 25.3 Å². The lowest BCUT2D eigenvalue weighted by Gasteiger charge is -2.26. The Balaban J connectivity index is 1.96. The number of aromatic amines is 1. The molecule has 110 valence electrons. The molecule has 0 amide bonds. The molecule has 0 fully saturated rings. The highest BCUT2D eigenvalue weighted by Gasteiger charge is 2.24. The van der Waals surface area contributed by atoms with Gasteiger partial charge in [0.05, 0.1) is 0 Å². The molecule has 1 aromatic carbocycles. The van der Waals surface area contributed by atoms with E-state index >= 15 is 0 Å². The van der Waals surface area contributed by atoms with Crippen molar-refractivity contribution in [3.05, 3.63) is 51.6 Å². The van der Waals surface area contributed by atoms with E-state index < -0.39 is 17.6 Å². The zero-order chi connectivity index (χ0) is 15.1. The fourth-order valence-electron chi connectivity index (χ4n) is 2.80. The molecule has 0 bridgehead atoms. The van der Waals surface area contributed by atoms with E-state index in [1.54, 1.807) is 4.57 Å². The summed E-state index contributed by atoms with van der Waals surface area (Å²) < 4.78 is 29.0. The number of aromatic carboxylic acids is 1. The molecule has 21 heavy (non-hydrogen) atoms. The Morgan fingerprint density at radius 1 is 1.43 bits per heavy atom. The molecular weight excluding hydrogens is 298 g/mol. The van der Waals surface area contributed by atoms with Crippen LogP contribution >= 0.6 is 12.2 Å². The minimum absolute atomic E-state index is 0.00498. The van der Waals surface area contributed by atoms with E-state index in [-0.39, 0.29) is 11.7 Å². The summed E-state index contributed by atoms with van der Waals surface area (Å²) in [5.41, 5.74) is 1.15. The molecule has 0 saturated heterocycles. The van der Waals surface area contributed by atoms with Gasteiger partial charge in [-0.1, -0.05) is 0 Å². The van der Waals surface area contributed by atoms with E-state index in [4.69, 9.17) is 17.3 Å². The third-order valence-electron chi connectivity index (χ3n) is 3.81. The van der Waals surface area contributed by atoms with Gasteiger partial charge in [-0.2, -0.15) is 0 Å². The number of hydrogen-bond acceptors (Lipinski definition) is 2. The van der Waals surface area contributed by atoms with Crippen LogP contribution in [0.3, 0.4) is 0 Å². The van der Waals surface area contributed by atoms with Crippen molar-refractivity contribution in [2.75, 3.05) is 0 Å². The first-order chi connectivity index (χ1) is 9.95. The highest BCUT2D eigenvalue weighted by molar-refractivity contribution is 7.71. The predicted octanol–water partition coefficient (Wildman–Crippen LogP) is 3.25. The molecule has 1 aromatic heterocycles. The summed E-state index contributed by atoms with van der Waals surface area (Å²) in [6.07, 6.45) is 2.99. The number of fused-ring (bicyclic) bond motifs is 1. The zero-order valence-corrected chi connectivity index (χ0v) is 11.7. The van der Waals surface area contributed by atoms with Crippen molar-refractivity contribution in [3.63, 3.8) is 0 Å². The lowest BCUT2D eigenvalue weighted by molar-refractivity contribution is 0.0691. The van der Waals surface area contributed by atoms with Gasteiger partial charge in [0.1, 0.15) is 17.3 Å². The lowest BCUT2D eigenvalue weighted by atomic mass is 9.87. The van der Waals surface area contributed by atoms with Crippen molar-refractivity contribution in [3.8, 4) is 0 Å². The molecule has 1 unspecified atom stereocenters. The van der Waals surface area contributed by atoms with E-state index in [9.17, 15) is 13.6 Å². The van der Waals surface area contributed by atoms with Crippen LogP contribution in [0.15, 0.2) is 18.3 Å². The molecule has 1 aliphatic rings. The van der Waals surface area contributed by atoms with Crippen LogP contribution in [0.5, 0.6) is 0 Å². The van der Waals surface area contributed by atoms with Crippen LogP contribution in [0.2, 0.25) is 0 Å². The number of H-pyrrole nitrogens is 1. The second kappa shape index (κ2) is 5.07. The monoisotopic (exact) mass is 310 g/mol. The molecule has 7 heteroatoms. The van der Waals surface area contributed by atoms with E-state index in [0.29, 0.717) is 35.2 Å². The lowest BCUT2D eigenvalue weighted by Crippen LogP contribution is -2.19. The predicted molar refractivity (Wildman–Crippen MR) is 74.0 cm³/mol. The SMILES string of the molecule is O=C(O)c1cn(C2CCc3cc(F)cc(F)c3C2)c(=S)[nH]1. The quantitative estimate of drug-likeness (QED) is 0.837. The van der Waals surface area contributed by atoms with Crippen molar-refractivity contribution in [2.24, 2.45) is 0 Å². The number of hydrogen-bond donors (Lipinski definition) is 2. The maximum absolute atomic E-state index is 13.9.